The summed E-state index contributed by atoms with van der Waals surface area (Å²) in [5.74, 6) is 3.31. The fourth-order valence-electron chi connectivity index (χ4n) is 4.25. The van der Waals surface area contributed by atoms with Crippen molar-refractivity contribution < 1.29 is 14.2 Å². The second-order valence-corrected chi connectivity index (χ2v) is 8.17. The topological polar surface area (TPSA) is 67.4 Å². The van der Waals surface area contributed by atoms with Gasteiger partial charge in [0.1, 0.15) is 5.75 Å². The van der Waals surface area contributed by atoms with Crippen LogP contribution in [0.4, 0.5) is 0 Å². The largest absolute Gasteiger partial charge is 0.497 e. The summed E-state index contributed by atoms with van der Waals surface area (Å²) in [6.07, 6.45) is 3.42. The van der Waals surface area contributed by atoms with Gasteiger partial charge >= 0.3 is 0 Å². The van der Waals surface area contributed by atoms with Crippen LogP contribution in [0.25, 0.3) is 0 Å². The van der Waals surface area contributed by atoms with Crippen LogP contribution in [-0.2, 0) is 6.54 Å². The molecule has 2 heterocycles. The minimum absolute atomic E-state index is 0. The van der Waals surface area contributed by atoms with E-state index in [1.807, 2.05) is 31.3 Å². The van der Waals surface area contributed by atoms with Gasteiger partial charge in [-0.2, -0.15) is 0 Å². The lowest BCUT2D eigenvalue weighted by Crippen LogP contribution is -2.42. The van der Waals surface area contributed by atoms with Crippen molar-refractivity contribution in [2.24, 2.45) is 4.99 Å². The summed E-state index contributed by atoms with van der Waals surface area (Å²) in [5.41, 5.74) is 2.42. The van der Waals surface area contributed by atoms with Gasteiger partial charge in [-0.25, -0.2) is 0 Å². The van der Waals surface area contributed by atoms with Crippen molar-refractivity contribution in [2.75, 3.05) is 47.0 Å². The van der Waals surface area contributed by atoms with E-state index in [0.29, 0.717) is 25.8 Å². The summed E-state index contributed by atoms with van der Waals surface area (Å²) in [6, 6.07) is 14.8. The van der Waals surface area contributed by atoms with Crippen molar-refractivity contribution >= 4 is 29.9 Å². The van der Waals surface area contributed by atoms with E-state index in [1.54, 1.807) is 7.11 Å². The molecule has 4 rings (SSSR count). The number of hydrogen-bond donors (Lipinski definition) is 2. The van der Waals surface area contributed by atoms with Crippen LogP contribution in [0.2, 0.25) is 0 Å². The molecule has 180 valence electrons. The molecule has 8 heteroatoms. The molecular weight excluding hydrogens is 531 g/mol. The molecule has 0 spiro atoms. The number of likely N-dealkylation sites (tertiary alicyclic amines) is 1. The van der Waals surface area contributed by atoms with E-state index in [0.717, 1.165) is 54.8 Å². The fourth-order valence-corrected chi connectivity index (χ4v) is 4.25. The number of halogens is 1. The van der Waals surface area contributed by atoms with Gasteiger partial charge in [0.25, 0.3) is 0 Å². The van der Waals surface area contributed by atoms with E-state index in [4.69, 9.17) is 14.2 Å². The van der Waals surface area contributed by atoms with E-state index in [9.17, 15) is 0 Å². The molecule has 1 fully saturated rings. The summed E-state index contributed by atoms with van der Waals surface area (Å²) in [7, 11) is 3.51. The molecule has 2 N–H and O–H groups in total. The molecule has 2 aromatic carbocycles. The third-order valence-electron chi connectivity index (χ3n) is 6.04. The highest BCUT2D eigenvalue weighted by Crippen LogP contribution is 2.30. The zero-order chi connectivity index (χ0) is 22.2. The summed E-state index contributed by atoms with van der Waals surface area (Å²) < 4.78 is 16.9. The van der Waals surface area contributed by atoms with Crippen molar-refractivity contribution in [3.63, 3.8) is 0 Å². The van der Waals surface area contributed by atoms with E-state index >= 15 is 0 Å². The van der Waals surface area contributed by atoms with E-state index in [-0.39, 0.29) is 24.0 Å². The first-order chi connectivity index (χ1) is 15.8. The van der Waals surface area contributed by atoms with Gasteiger partial charge in [-0.1, -0.05) is 18.2 Å². The van der Waals surface area contributed by atoms with Crippen LogP contribution in [0, 0.1) is 0 Å². The van der Waals surface area contributed by atoms with Crippen LogP contribution in [0.15, 0.2) is 47.5 Å². The monoisotopic (exact) mass is 566 g/mol. The van der Waals surface area contributed by atoms with Crippen molar-refractivity contribution in [2.45, 2.75) is 31.8 Å². The molecule has 33 heavy (non-hydrogen) atoms. The first-order valence-corrected chi connectivity index (χ1v) is 11.5. The Labute approximate surface area is 213 Å². The SMILES string of the molecule is CN=C(NCc1ccc2c(c1)OCCCO2)NCC(c1ccc(OC)cc1)N1CCCC1.I. The first kappa shape index (κ1) is 25.4. The molecule has 7 nitrogen and oxygen atoms in total. The van der Waals surface area contributed by atoms with Crippen molar-refractivity contribution in [3.8, 4) is 17.2 Å². The van der Waals surface area contributed by atoms with Crippen molar-refractivity contribution in [3.05, 3.63) is 53.6 Å². The molecule has 1 atom stereocenters. The molecule has 0 bridgehead atoms. The van der Waals surface area contributed by atoms with Gasteiger partial charge in [0.05, 0.1) is 26.4 Å². The van der Waals surface area contributed by atoms with Gasteiger partial charge in [0, 0.05) is 26.6 Å². The average Bonchev–Trinajstić information content (AvgIpc) is 3.26. The number of guanidine groups is 1. The minimum Gasteiger partial charge on any atom is -0.497 e. The van der Waals surface area contributed by atoms with Crippen molar-refractivity contribution in [1.29, 1.82) is 0 Å². The lowest BCUT2D eigenvalue weighted by molar-refractivity contribution is 0.245. The summed E-state index contributed by atoms with van der Waals surface area (Å²) in [4.78, 5) is 6.97. The predicted molar refractivity (Wildman–Crippen MR) is 142 cm³/mol. The van der Waals surface area contributed by atoms with Gasteiger partial charge in [0.15, 0.2) is 17.5 Å². The zero-order valence-corrected chi connectivity index (χ0v) is 21.8. The maximum Gasteiger partial charge on any atom is 0.191 e. The minimum atomic E-state index is 0. The van der Waals surface area contributed by atoms with Crippen LogP contribution in [-0.4, -0.2) is 57.9 Å². The third-order valence-corrected chi connectivity index (χ3v) is 6.04. The number of nitrogens with zero attached hydrogens (tertiary/aromatic N) is 2. The van der Waals surface area contributed by atoms with Crippen LogP contribution in [0.5, 0.6) is 17.2 Å². The lowest BCUT2D eigenvalue weighted by Gasteiger charge is -2.29. The highest BCUT2D eigenvalue weighted by molar-refractivity contribution is 14.0. The first-order valence-electron chi connectivity index (χ1n) is 11.5. The third kappa shape index (κ3) is 6.89. The van der Waals surface area contributed by atoms with Gasteiger partial charge in [-0.05, 0) is 61.3 Å². The zero-order valence-electron chi connectivity index (χ0n) is 19.5. The number of rotatable bonds is 7. The molecular formula is C25H35IN4O3. The van der Waals surface area contributed by atoms with Crippen LogP contribution in [0.3, 0.4) is 0 Å². The Morgan fingerprint density at radius 1 is 1.00 bits per heavy atom. The smallest absolute Gasteiger partial charge is 0.191 e. The van der Waals surface area contributed by atoms with E-state index < -0.39 is 0 Å². The van der Waals surface area contributed by atoms with Crippen LogP contribution >= 0.6 is 24.0 Å². The maximum absolute atomic E-state index is 5.81. The second-order valence-electron chi connectivity index (χ2n) is 8.17. The van der Waals surface area contributed by atoms with Crippen LogP contribution < -0.4 is 24.8 Å². The summed E-state index contributed by atoms with van der Waals surface area (Å²) >= 11 is 0. The number of methoxy groups -OCH3 is 1. The molecule has 0 aromatic heterocycles. The van der Waals surface area contributed by atoms with E-state index in [2.05, 4.69) is 38.7 Å². The predicted octanol–water partition coefficient (Wildman–Crippen LogP) is 3.98. The maximum atomic E-state index is 5.81. The molecule has 0 amide bonds. The summed E-state index contributed by atoms with van der Waals surface area (Å²) in [5, 5.41) is 6.95. The van der Waals surface area contributed by atoms with Gasteiger partial charge in [-0.3, -0.25) is 9.89 Å². The number of nitrogens with one attached hydrogen (secondary N) is 2. The normalized spacial score (nSPS) is 17.0. The molecule has 1 saturated heterocycles. The molecule has 2 aliphatic rings. The Hall–Kier alpha value is -2.20. The number of benzene rings is 2. The Morgan fingerprint density at radius 2 is 1.73 bits per heavy atom. The number of hydrogen-bond acceptors (Lipinski definition) is 5. The molecule has 2 aromatic rings. The Balaban J connectivity index is 0.00000306. The van der Waals surface area contributed by atoms with Gasteiger partial charge in [0.2, 0.25) is 0 Å². The molecule has 0 aliphatic carbocycles. The Kier molecular flexibility index (Phi) is 9.93. The summed E-state index contributed by atoms with van der Waals surface area (Å²) in [6.45, 7) is 5.09. The molecule has 2 aliphatic heterocycles. The lowest BCUT2D eigenvalue weighted by atomic mass is 10.1. The molecule has 0 radical (unpaired) electrons. The average molecular weight is 566 g/mol. The highest BCUT2D eigenvalue weighted by Gasteiger charge is 2.23. The molecule has 0 saturated carbocycles. The number of fused-ring (bicyclic) bond motifs is 1. The molecule has 1 unspecified atom stereocenters. The quantitative estimate of drug-likeness (QED) is 0.301. The number of ether oxygens (including phenoxy) is 3. The Bertz CT molecular complexity index is 901. The van der Waals surface area contributed by atoms with Crippen molar-refractivity contribution in [1.82, 2.24) is 15.5 Å². The standard InChI is InChI=1S/C25H34N4O3.HI/c1-26-25(27-17-19-6-11-23-24(16-19)32-15-5-14-31-23)28-18-22(29-12-3-4-13-29)20-7-9-21(30-2)10-8-20;/h6-11,16,22H,3-5,12-15,17-18H2,1-2H3,(H2,26,27,28);1H. The van der Waals surface area contributed by atoms with Crippen LogP contribution in [0.1, 0.15) is 36.4 Å². The van der Waals surface area contributed by atoms with Gasteiger partial charge < -0.3 is 24.8 Å². The highest BCUT2D eigenvalue weighted by atomic mass is 127. The Morgan fingerprint density at radius 3 is 2.42 bits per heavy atom. The number of aliphatic imine (C=N–C) groups is 1. The van der Waals surface area contributed by atoms with Gasteiger partial charge in [-0.15, -0.1) is 24.0 Å². The fraction of sp³-hybridized carbons (Fsp3) is 0.480. The van der Waals surface area contributed by atoms with E-state index in [1.165, 1.54) is 18.4 Å². The second kappa shape index (κ2) is 12.9.